The van der Waals surface area contributed by atoms with Crippen molar-refractivity contribution in [2.45, 2.75) is 6.42 Å². The van der Waals surface area contributed by atoms with Crippen LogP contribution in [0.25, 0.3) is 0 Å². The molecule has 0 aromatic carbocycles. The lowest BCUT2D eigenvalue weighted by molar-refractivity contribution is -0.132. The van der Waals surface area contributed by atoms with E-state index in [4.69, 9.17) is 0 Å². The highest BCUT2D eigenvalue weighted by Crippen LogP contribution is 2.17. The quantitative estimate of drug-likeness (QED) is 0.530. The molecule has 1 saturated heterocycles. The Balaban J connectivity index is 2.49. The maximum Gasteiger partial charge on any atom is 0.230 e. The molecule has 1 heterocycles. The molecule has 0 aromatic heterocycles. The molecule has 4 heteroatoms. The average Bonchev–Trinajstić information content (AvgIpc) is 2.30. The SMILES string of the molecule is O=C1C(CF)CCN1CF. The van der Waals surface area contributed by atoms with Crippen LogP contribution in [0.3, 0.4) is 0 Å². The number of alkyl halides is 2. The molecule has 1 fully saturated rings. The van der Waals surface area contributed by atoms with Crippen LogP contribution in [0.1, 0.15) is 6.42 Å². The topological polar surface area (TPSA) is 20.3 Å². The first kappa shape index (κ1) is 7.44. The number of hydrogen-bond acceptors (Lipinski definition) is 1. The second-order valence-corrected chi connectivity index (χ2v) is 2.36. The second-order valence-electron chi connectivity index (χ2n) is 2.36. The third-order valence-corrected chi connectivity index (χ3v) is 1.74. The van der Waals surface area contributed by atoms with Crippen molar-refractivity contribution in [1.29, 1.82) is 0 Å². The summed E-state index contributed by atoms with van der Waals surface area (Å²) in [6, 6.07) is 0. The standard InChI is InChI=1S/C6H9F2NO/c7-3-5-1-2-9(4-8)6(5)10/h5H,1-4H2. The van der Waals surface area contributed by atoms with Crippen molar-refractivity contribution >= 4 is 5.91 Å². The summed E-state index contributed by atoms with van der Waals surface area (Å²) in [6.07, 6.45) is 0.458. The van der Waals surface area contributed by atoms with Crippen LogP contribution < -0.4 is 0 Å². The maximum absolute atomic E-state index is 11.9. The molecule has 0 aromatic rings. The summed E-state index contributed by atoms with van der Waals surface area (Å²) in [6.45, 7) is -1.07. The van der Waals surface area contributed by atoms with Gasteiger partial charge in [0.05, 0.1) is 5.92 Å². The van der Waals surface area contributed by atoms with E-state index in [2.05, 4.69) is 0 Å². The molecule has 0 aliphatic carbocycles. The fourth-order valence-corrected chi connectivity index (χ4v) is 1.07. The zero-order chi connectivity index (χ0) is 7.56. The number of halogens is 2. The first-order valence-electron chi connectivity index (χ1n) is 3.20. The number of rotatable bonds is 2. The Morgan fingerprint density at radius 3 is 2.60 bits per heavy atom. The highest BCUT2D eigenvalue weighted by molar-refractivity contribution is 5.80. The zero-order valence-corrected chi connectivity index (χ0v) is 5.52. The molecule has 1 amide bonds. The summed E-state index contributed by atoms with van der Waals surface area (Å²) in [5, 5.41) is 0. The second kappa shape index (κ2) is 2.94. The van der Waals surface area contributed by atoms with Crippen molar-refractivity contribution in [3.8, 4) is 0 Å². The molecule has 1 aliphatic rings. The smallest absolute Gasteiger partial charge is 0.230 e. The lowest BCUT2D eigenvalue weighted by atomic mass is 10.1. The van der Waals surface area contributed by atoms with E-state index < -0.39 is 19.4 Å². The molecule has 0 bridgehead atoms. The minimum Gasteiger partial charge on any atom is -0.315 e. The van der Waals surface area contributed by atoms with Crippen LogP contribution in [0.5, 0.6) is 0 Å². The van der Waals surface area contributed by atoms with Crippen molar-refractivity contribution in [3.63, 3.8) is 0 Å². The first-order chi connectivity index (χ1) is 4.79. The number of hydrogen-bond donors (Lipinski definition) is 0. The Kier molecular flexibility index (Phi) is 2.19. The zero-order valence-electron chi connectivity index (χ0n) is 5.52. The van der Waals surface area contributed by atoms with Gasteiger partial charge in [0.15, 0.2) is 6.80 Å². The summed E-state index contributed by atoms with van der Waals surface area (Å²) < 4.78 is 23.7. The molecule has 0 spiro atoms. The number of carbonyl (C=O) groups is 1. The van der Waals surface area contributed by atoms with Gasteiger partial charge >= 0.3 is 0 Å². The van der Waals surface area contributed by atoms with Crippen LogP contribution in [0, 0.1) is 5.92 Å². The van der Waals surface area contributed by atoms with Gasteiger partial charge in [-0.2, -0.15) is 0 Å². The Morgan fingerprint density at radius 1 is 1.60 bits per heavy atom. The minimum absolute atomic E-state index is 0.365. The molecule has 0 radical (unpaired) electrons. The summed E-state index contributed by atoms with van der Waals surface area (Å²) >= 11 is 0. The van der Waals surface area contributed by atoms with E-state index in [0.29, 0.717) is 13.0 Å². The van der Waals surface area contributed by atoms with Gasteiger partial charge in [-0.25, -0.2) is 4.39 Å². The van der Waals surface area contributed by atoms with Gasteiger partial charge in [0, 0.05) is 6.54 Å². The summed E-state index contributed by atoms with van der Waals surface area (Å²) in [7, 11) is 0. The molecule has 0 saturated carbocycles. The molecule has 0 N–H and O–H groups in total. The predicted molar refractivity (Wildman–Crippen MR) is 31.8 cm³/mol. The Morgan fingerprint density at radius 2 is 2.30 bits per heavy atom. The minimum atomic E-state index is -0.782. The Bertz CT molecular complexity index is 126. The van der Waals surface area contributed by atoms with Crippen molar-refractivity contribution in [2.24, 2.45) is 5.92 Å². The van der Waals surface area contributed by atoms with Gasteiger partial charge in [0.1, 0.15) is 6.67 Å². The highest BCUT2D eigenvalue weighted by atomic mass is 19.1. The van der Waals surface area contributed by atoms with Gasteiger partial charge in [-0.05, 0) is 6.42 Å². The van der Waals surface area contributed by atoms with Gasteiger partial charge in [0.2, 0.25) is 5.91 Å². The van der Waals surface area contributed by atoms with Crippen LogP contribution in [-0.2, 0) is 4.79 Å². The summed E-state index contributed by atoms with van der Waals surface area (Å²) in [5.41, 5.74) is 0. The molecule has 1 rings (SSSR count). The van der Waals surface area contributed by atoms with Crippen LogP contribution >= 0.6 is 0 Å². The van der Waals surface area contributed by atoms with E-state index in [1.54, 1.807) is 0 Å². The largest absolute Gasteiger partial charge is 0.315 e. The van der Waals surface area contributed by atoms with E-state index in [9.17, 15) is 13.6 Å². The van der Waals surface area contributed by atoms with E-state index in [0.717, 1.165) is 4.90 Å². The van der Waals surface area contributed by atoms with Crippen LogP contribution in [0.4, 0.5) is 8.78 Å². The third-order valence-electron chi connectivity index (χ3n) is 1.74. The molecular formula is C6H9F2NO. The molecule has 10 heavy (non-hydrogen) atoms. The number of nitrogens with zero attached hydrogens (tertiary/aromatic N) is 1. The van der Waals surface area contributed by atoms with E-state index in [1.165, 1.54) is 0 Å². The summed E-state index contributed by atoms with van der Waals surface area (Å²) in [4.78, 5) is 11.8. The molecule has 1 aliphatic heterocycles. The fraction of sp³-hybridized carbons (Fsp3) is 0.833. The van der Waals surface area contributed by atoms with Crippen LogP contribution in [0.15, 0.2) is 0 Å². The van der Waals surface area contributed by atoms with Crippen LogP contribution in [-0.4, -0.2) is 30.8 Å². The lowest BCUT2D eigenvalue weighted by Crippen LogP contribution is -2.26. The Hall–Kier alpha value is -0.670. The number of amides is 1. The van der Waals surface area contributed by atoms with E-state index in [-0.39, 0.29) is 5.91 Å². The average molecular weight is 149 g/mol. The normalized spacial score (nSPS) is 26.0. The molecule has 58 valence electrons. The third kappa shape index (κ3) is 1.10. The summed E-state index contributed by atoms with van der Waals surface area (Å²) in [5.74, 6) is -0.958. The number of carbonyl (C=O) groups excluding carboxylic acids is 1. The molecular weight excluding hydrogens is 140 g/mol. The fourth-order valence-electron chi connectivity index (χ4n) is 1.07. The van der Waals surface area contributed by atoms with Gasteiger partial charge in [-0.3, -0.25) is 9.18 Å². The highest BCUT2D eigenvalue weighted by Gasteiger charge is 2.30. The molecule has 1 unspecified atom stereocenters. The monoisotopic (exact) mass is 149 g/mol. The Labute approximate surface area is 57.8 Å². The molecule has 2 nitrogen and oxygen atoms in total. The van der Waals surface area contributed by atoms with E-state index >= 15 is 0 Å². The van der Waals surface area contributed by atoms with Gasteiger partial charge in [-0.15, -0.1) is 0 Å². The van der Waals surface area contributed by atoms with Crippen LogP contribution in [0.2, 0.25) is 0 Å². The van der Waals surface area contributed by atoms with Crippen molar-refractivity contribution in [3.05, 3.63) is 0 Å². The van der Waals surface area contributed by atoms with Gasteiger partial charge in [-0.1, -0.05) is 0 Å². The maximum atomic E-state index is 11.9. The van der Waals surface area contributed by atoms with Crippen molar-refractivity contribution in [1.82, 2.24) is 4.90 Å². The van der Waals surface area contributed by atoms with Gasteiger partial charge < -0.3 is 4.90 Å². The van der Waals surface area contributed by atoms with Gasteiger partial charge in [0.25, 0.3) is 0 Å². The lowest BCUT2D eigenvalue weighted by Gasteiger charge is -2.09. The predicted octanol–water partition coefficient (Wildman–Crippen LogP) is 0.731. The first-order valence-corrected chi connectivity index (χ1v) is 3.20. The number of likely N-dealkylation sites (tertiary alicyclic amines) is 1. The molecule has 1 atom stereocenters. The van der Waals surface area contributed by atoms with Crippen molar-refractivity contribution < 1.29 is 13.6 Å². The van der Waals surface area contributed by atoms with E-state index in [1.807, 2.05) is 0 Å². The van der Waals surface area contributed by atoms with Crippen molar-refractivity contribution in [2.75, 3.05) is 20.0 Å².